The summed E-state index contributed by atoms with van der Waals surface area (Å²) in [5, 5.41) is 13.6. The molecule has 0 aromatic heterocycles. The van der Waals surface area contributed by atoms with E-state index in [-0.39, 0.29) is 0 Å². The minimum Gasteiger partial charge on any atom is -0.311 e. The van der Waals surface area contributed by atoms with E-state index in [2.05, 4.69) is 218 Å². The van der Waals surface area contributed by atoms with Crippen molar-refractivity contribution in [3.63, 3.8) is 0 Å². The van der Waals surface area contributed by atoms with E-state index in [1.165, 1.54) is 22.3 Å². The number of nitrogens with zero attached hydrogens (tertiary/aromatic N) is 4. The van der Waals surface area contributed by atoms with Crippen LogP contribution in [-0.2, 0) is 0 Å². The lowest BCUT2D eigenvalue weighted by atomic mass is 9.93. The molecule has 0 unspecified atom stereocenters. The fourth-order valence-electron chi connectivity index (χ4n) is 8.21. The molecule has 64 heavy (non-hydrogen) atoms. The van der Waals surface area contributed by atoms with E-state index in [1.807, 2.05) is 36.4 Å². The summed E-state index contributed by atoms with van der Waals surface area (Å²) in [5.74, 6) is 0. The first-order valence-corrected chi connectivity index (χ1v) is 21.5. The second-order valence-corrected chi connectivity index (χ2v) is 16.4. The first-order chi connectivity index (χ1) is 31.2. The Morgan fingerprint density at radius 1 is 0.375 bits per heavy atom. The predicted octanol–water partition coefficient (Wildman–Crippen LogP) is 16.9. The molecule has 0 spiro atoms. The molecule has 4 heteroatoms. The highest BCUT2D eigenvalue weighted by molar-refractivity contribution is 6.16. The van der Waals surface area contributed by atoms with E-state index < -0.39 is 0 Å². The van der Waals surface area contributed by atoms with Gasteiger partial charge < -0.3 is 9.80 Å². The monoisotopic (exact) mass is 822 g/mol. The largest absolute Gasteiger partial charge is 0.311 e. The zero-order valence-corrected chi connectivity index (χ0v) is 36.4. The van der Waals surface area contributed by atoms with Crippen molar-refractivity contribution in [3.8, 4) is 6.07 Å². The van der Waals surface area contributed by atoms with Gasteiger partial charge in [-0.2, -0.15) is 5.26 Å². The third-order valence-electron chi connectivity index (χ3n) is 11.8. The molecule has 0 bridgehead atoms. The van der Waals surface area contributed by atoms with Gasteiger partial charge in [0.2, 0.25) is 5.69 Å². The van der Waals surface area contributed by atoms with E-state index >= 15 is 0 Å². The molecule has 0 amide bonds. The predicted molar refractivity (Wildman–Crippen MR) is 271 cm³/mol. The van der Waals surface area contributed by atoms with Gasteiger partial charge >= 0.3 is 0 Å². The molecule has 0 saturated heterocycles. The lowest BCUT2D eigenvalue weighted by molar-refractivity contribution is 1.27. The fraction of sp³-hybridized carbons (Fsp3) is 0.0667. The highest BCUT2D eigenvalue weighted by Crippen LogP contribution is 2.41. The Morgan fingerprint density at radius 2 is 0.672 bits per heavy atom. The van der Waals surface area contributed by atoms with Gasteiger partial charge in [0, 0.05) is 34.1 Å². The van der Waals surface area contributed by atoms with Crippen molar-refractivity contribution < 1.29 is 0 Å². The zero-order chi connectivity index (χ0) is 44.2. The maximum atomic E-state index is 10.5. The summed E-state index contributed by atoms with van der Waals surface area (Å²) in [6, 6.07) is 66.0. The van der Waals surface area contributed by atoms with Crippen LogP contribution in [0.5, 0.6) is 0 Å². The summed E-state index contributed by atoms with van der Waals surface area (Å²) in [4.78, 5) is 8.57. The van der Waals surface area contributed by atoms with Crippen LogP contribution in [0.25, 0.3) is 50.7 Å². The molecule has 0 aliphatic rings. The maximum Gasteiger partial charge on any atom is 0.202 e. The minimum absolute atomic E-state index is 0.550. The second kappa shape index (κ2) is 17.9. The highest BCUT2D eigenvalue weighted by atomic mass is 15.1. The molecule has 306 valence electrons. The molecule has 4 nitrogen and oxygen atoms in total. The first kappa shape index (κ1) is 40.9. The van der Waals surface area contributed by atoms with Crippen LogP contribution in [0, 0.1) is 45.6 Å². The Morgan fingerprint density at radius 3 is 1.02 bits per heavy atom. The van der Waals surface area contributed by atoms with E-state index in [0.717, 1.165) is 77.9 Å². The Bertz CT molecular complexity index is 2960. The Labute approximate surface area is 376 Å². The standard InChI is InChI=1S/C60H46N4/c1-41-6-24-49(25-7-41)63(50-26-8-42(2)9-27-50)53-32-18-45(19-33-53)14-16-47-23-37-56-57(38-47)59(40-61)55-36-22-48(39-58(55)60(56)62-5)17-15-46-20-34-54(35-21-46)64(51-28-10-43(3)11-29-51)52-30-12-44(4)13-31-52/h6-39H,1-4H3/b16-14+,17-15+. The number of benzene rings is 9. The van der Waals surface area contributed by atoms with Crippen molar-refractivity contribution in [3.05, 3.63) is 243 Å². The van der Waals surface area contributed by atoms with Crippen molar-refractivity contribution >= 4 is 85.7 Å². The van der Waals surface area contributed by atoms with Crippen LogP contribution in [0.15, 0.2) is 182 Å². The average molecular weight is 823 g/mol. The van der Waals surface area contributed by atoms with Gasteiger partial charge in [0.15, 0.2) is 0 Å². The van der Waals surface area contributed by atoms with Crippen LogP contribution in [0.4, 0.5) is 39.8 Å². The Hall–Kier alpha value is -8.44. The van der Waals surface area contributed by atoms with Crippen molar-refractivity contribution in [2.75, 3.05) is 9.80 Å². The molecular formula is C60H46N4. The normalized spacial score (nSPS) is 11.3. The zero-order valence-electron chi connectivity index (χ0n) is 36.4. The van der Waals surface area contributed by atoms with Crippen LogP contribution in [-0.4, -0.2) is 0 Å². The number of anilines is 6. The van der Waals surface area contributed by atoms with Crippen molar-refractivity contribution in [2.45, 2.75) is 27.7 Å². The van der Waals surface area contributed by atoms with Gasteiger partial charge in [0.1, 0.15) is 6.07 Å². The van der Waals surface area contributed by atoms with Crippen LogP contribution in [0.2, 0.25) is 0 Å². The van der Waals surface area contributed by atoms with Crippen LogP contribution >= 0.6 is 0 Å². The number of hydrogen-bond donors (Lipinski definition) is 0. The topological polar surface area (TPSA) is 34.6 Å². The third kappa shape index (κ3) is 8.55. The van der Waals surface area contributed by atoms with Crippen LogP contribution < -0.4 is 9.80 Å². The van der Waals surface area contributed by atoms with Gasteiger partial charge in [-0.1, -0.05) is 150 Å². The molecule has 0 fully saturated rings. The van der Waals surface area contributed by atoms with Gasteiger partial charge in [0.05, 0.1) is 12.1 Å². The first-order valence-electron chi connectivity index (χ1n) is 21.5. The lowest BCUT2D eigenvalue weighted by Gasteiger charge is -2.25. The summed E-state index contributed by atoms with van der Waals surface area (Å²) in [7, 11) is 0. The smallest absolute Gasteiger partial charge is 0.202 e. The lowest BCUT2D eigenvalue weighted by Crippen LogP contribution is -2.09. The quantitative estimate of drug-likeness (QED) is 0.0783. The van der Waals surface area contributed by atoms with E-state index in [1.54, 1.807) is 0 Å². The fourth-order valence-corrected chi connectivity index (χ4v) is 8.21. The van der Waals surface area contributed by atoms with E-state index in [0.29, 0.717) is 11.3 Å². The summed E-state index contributed by atoms with van der Waals surface area (Å²) >= 11 is 0. The second-order valence-electron chi connectivity index (χ2n) is 16.4. The Kier molecular flexibility index (Phi) is 11.4. The van der Waals surface area contributed by atoms with Crippen molar-refractivity contribution in [1.29, 1.82) is 5.26 Å². The molecule has 9 rings (SSSR count). The molecule has 9 aromatic rings. The van der Waals surface area contributed by atoms with E-state index in [4.69, 9.17) is 6.57 Å². The van der Waals surface area contributed by atoms with E-state index in [9.17, 15) is 5.26 Å². The molecular weight excluding hydrogens is 777 g/mol. The van der Waals surface area contributed by atoms with Gasteiger partial charge in [-0.25, -0.2) is 4.85 Å². The van der Waals surface area contributed by atoms with Crippen molar-refractivity contribution in [1.82, 2.24) is 0 Å². The molecule has 0 aliphatic heterocycles. The number of fused-ring (bicyclic) bond motifs is 2. The van der Waals surface area contributed by atoms with Gasteiger partial charge in [-0.3, -0.25) is 0 Å². The third-order valence-corrected chi connectivity index (χ3v) is 11.8. The minimum atomic E-state index is 0.550. The van der Waals surface area contributed by atoms with Gasteiger partial charge in [-0.05, 0) is 150 Å². The van der Waals surface area contributed by atoms with Gasteiger partial charge in [-0.15, -0.1) is 0 Å². The number of nitriles is 1. The van der Waals surface area contributed by atoms with Gasteiger partial charge in [0.25, 0.3) is 0 Å². The Balaban J connectivity index is 0.971. The number of aryl methyl sites for hydroxylation is 4. The van der Waals surface area contributed by atoms with Crippen LogP contribution in [0.3, 0.4) is 0 Å². The van der Waals surface area contributed by atoms with Crippen molar-refractivity contribution in [2.24, 2.45) is 0 Å². The SMILES string of the molecule is [C-]#[N+]c1c2ccc(/C=C/c3ccc(N(c4ccc(C)cc4)c4ccc(C)cc4)cc3)cc2c(C#N)c2ccc(/C=C/c3ccc(N(c4ccc(C)cc4)c4ccc(C)cc4)cc3)cc12. The average Bonchev–Trinajstić information content (AvgIpc) is 3.32. The number of rotatable bonds is 10. The highest BCUT2D eigenvalue weighted by Gasteiger charge is 2.16. The molecule has 0 aliphatic carbocycles. The molecule has 0 N–H and O–H groups in total. The molecule has 0 heterocycles. The number of hydrogen-bond acceptors (Lipinski definition) is 3. The van der Waals surface area contributed by atoms with Crippen LogP contribution in [0.1, 0.15) is 50.1 Å². The molecule has 0 atom stereocenters. The summed E-state index contributed by atoms with van der Waals surface area (Å²) in [5.41, 5.74) is 16.6. The molecule has 0 saturated carbocycles. The summed E-state index contributed by atoms with van der Waals surface area (Å²) in [6.07, 6.45) is 8.32. The molecule has 0 radical (unpaired) electrons. The molecule has 9 aromatic carbocycles. The summed E-state index contributed by atoms with van der Waals surface area (Å²) < 4.78 is 0. The summed E-state index contributed by atoms with van der Waals surface area (Å²) in [6.45, 7) is 16.7. The maximum absolute atomic E-state index is 10.5.